The van der Waals surface area contributed by atoms with Gasteiger partial charge >= 0.3 is 0 Å². The zero-order valence-electron chi connectivity index (χ0n) is 20.8. The van der Waals surface area contributed by atoms with Crippen LogP contribution in [0.2, 0.25) is 5.02 Å². The highest BCUT2D eigenvalue weighted by Crippen LogP contribution is 2.40. The maximum absolute atomic E-state index is 13.4. The van der Waals surface area contributed by atoms with Crippen molar-refractivity contribution in [2.24, 2.45) is 0 Å². The highest BCUT2D eigenvalue weighted by atomic mass is 35.5. The summed E-state index contributed by atoms with van der Waals surface area (Å²) in [5, 5.41) is 1.13. The van der Waals surface area contributed by atoms with Crippen LogP contribution >= 0.6 is 22.9 Å². The van der Waals surface area contributed by atoms with Crippen molar-refractivity contribution in [3.05, 3.63) is 40.9 Å². The molecule has 0 radical (unpaired) electrons. The Bertz CT molecular complexity index is 1190. The largest absolute Gasteiger partial charge is 0.494 e. The first-order valence-corrected chi connectivity index (χ1v) is 12.1. The quantitative estimate of drug-likeness (QED) is 0.331. The molecule has 8 nitrogen and oxygen atoms in total. The molecule has 188 valence electrons. The van der Waals surface area contributed by atoms with Gasteiger partial charge in [0, 0.05) is 12.6 Å². The van der Waals surface area contributed by atoms with Crippen LogP contribution < -0.4 is 23.8 Å². The third kappa shape index (κ3) is 6.17. The van der Waals surface area contributed by atoms with Crippen molar-refractivity contribution in [2.45, 2.75) is 6.42 Å². The minimum absolute atomic E-state index is 0.202. The number of carbonyl (C=O) groups excluding carboxylic acids is 1. The minimum Gasteiger partial charge on any atom is -0.494 e. The predicted molar refractivity (Wildman–Crippen MR) is 142 cm³/mol. The summed E-state index contributed by atoms with van der Waals surface area (Å²) >= 11 is 7.77. The van der Waals surface area contributed by atoms with E-state index in [1.54, 1.807) is 63.7 Å². The fourth-order valence-electron chi connectivity index (χ4n) is 3.52. The van der Waals surface area contributed by atoms with E-state index >= 15 is 0 Å². The molecule has 1 aromatic heterocycles. The minimum atomic E-state index is -0.202. The maximum atomic E-state index is 13.4. The van der Waals surface area contributed by atoms with Crippen molar-refractivity contribution in [1.29, 1.82) is 0 Å². The van der Waals surface area contributed by atoms with Crippen LogP contribution in [-0.4, -0.2) is 71.4 Å². The average molecular weight is 520 g/mol. The lowest BCUT2D eigenvalue weighted by Gasteiger charge is -2.19. The average Bonchev–Trinajstić information content (AvgIpc) is 3.30. The summed E-state index contributed by atoms with van der Waals surface area (Å²) < 4.78 is 22.4. The molecule has 0 saturated heterocycles. The molecule has 35 heavy (non-hydrogen) atoms. The number of hydrogen-bond donors (Lipinski definition) is 0. The first-order chi connectivity index (χ1) is 16.8. The Morgan fingerprint density at radius 3 is 2.23 bits per heavy atom. The number of rotatable bonds is 11. The molecule has 0 spiro atoms. The molecule has 2 aromatic carbocycles. The lowest BCUT2D eigenvalue weighted by Crippen LogP contribution is -2.32. The number of benzene rings is 2. The molecular weight excluding hydrogens is 490 g/mol. The van der Waals surface area contributed by atoms with E-state index in [1.165, 1.54) is 17.4 Å². The monoisotopic (exact) mass is 519 g/mol. The van der Waals surface area contributed by atoms with Crippen LogP contribution in [0.15, 0.2) is 30.3 Å². The Labute approximate surface area is 214 Å². The fourth-order valence-corrected chi connectivity index (χ4v) is 4.81. The number of nitrogens with zero attached hydrogens (tertiary/aromatic N) is 3. The van der Waals surface area contributed by atoms with E-state index in [0.717, 1.165) is 23.2 Å². The normalized spacial score (nSPS) is 11.3. The summed E-state index contributed by atoms with van der Waals surface area (Å²) in [6.45, 7) is 1.33. The smallest absolute Gasteiger partial charge is 0.252 e. The van der Waals surface area contributed by atoms with Crippen molar-refractivity contribution < 1.29 is 23.7 Å². The molecule has 3 rings (SSSR count). The van der Waals surface area contributed by atoms with Crippen molar-refractivity contribution in [2.75, 3.05) is 60.5 Å². The van der Waals surface area contributed by atoms with Crippen LogP contribution in [0.1, 0.15) is 12.0 Å². The third-order valence-corrected chi connectivity index (χ3v) is 6.80. The van der Waals surface area contributed by atoms with Crippen LogP contribution in [0.3, 0.4) is 0 Å². The van der Waals surface area contributed by atoms with Gasteiger partial charge in [0.05, 0.1) is 38.2 Å². The molecule has 0 aliphatic carbocycles. The highest BCUT2D eigenvalue weighted by Gasteiger charge is 2.21. The summed E-state index contributed by atoms with van der Waals surface area (Å²) in [7, 11) is 10.2. The molecule has 0 fully saturated rings. The Hall–Kier alpha value is -3.01. The fraction of sp³-hybridized carbons (Fsp3) is 0.360. The van der Waals surface area contributed by atoms with Crippen molar-refractivity contribution >= 4 is 50.3 Å². The number of fused-ring (bicyclic) bond motifs is 1. The number of ether oxygens (including phenoxy) is 4. The number of thiazole rings is 1. The lowest BCUT2D eigenvalue weighted by molar-refractivity contribution is -0.114. The van der Waals surface area contributed by atoms with Gasteiger partial charge in [0.25, 0.3) is 5.91 Å². The van der Waals surface area contributed by atoms with E-state index in [-0.39, 0.29) is 5.91 Å². The van der Waals surface area contributed by atoms with E-state index in [9.17, 15) is 4.79 Å². The SMILES string of the molecule is COc1cc(C=CC(=O)N(CCCN(C)C)c2nc3c(OC)ccc(Cl)c3s2)cc(OC)c1OC. The zero-order valence-corrected chi connectivity index (χ0v) is 22.3. The summed E-state index contributed by atoms with van der Waals surface area (Å²) in [6, 6.07) is 7.11. The number of amides is 1. The molecule has 0 atom stereocenters. The first-order valence-electron chi connectivity index (χ1n) is 10.9. The molecular formula is C25H30ClN3O5S. The molecule has 0 N–H and O–H groups in total. The molecule has 0 saturated carbocycles. The predicted octanol–water partition coefficient (Wildman–Crippen LogP) is 4.98. The first kappa shape index (κ1) is 26.6. The number of carbonyl (C=O) groups is 1. The Kier molecular flexibility index (Phi) is 9.20. The van der Waals surface area contributed by atoms with E-state index < -0.39 is 0 Å². The number of methoxy groups -OCH3 is 4. The summed E-state index contributed by atoms with van der Waals surface area (Å²) in [5.41, 5.74) is 1.37. The zero-order chi connectivity index (χ0) is 25.5. The second-order valence-electron chi connectivity index (χ2n) is 7.86. The molecule has 10 heteroatoms. The van der Waals surface area contributed by atoms with Gasteiger partial charge < -0.3 is 23.8 Å². The van der Waals surface area contributed by atoms with Crippen molar-refractivity contribution in [1.82, 2.24) is 9.88 Å². The van der Waals surface area contributed by atoms with Crippen molar-refractivity contribution in [3.8, 4) is 23.0 Å². The van der Waals surface area contributed by atoms with E-state index in [1.807, 2.05) is 14.1 Å². The van der Waals surface area contributed by atoms with Crippen LogP contribution in [-0.2, 0) is 4.79 Å². The second-order valence-corrected chi connectivity index (χ2v) is 9.25. The second kappa shape index (κ2) is 12.1. The summed E-state index contributed by atoms with van der Waals surface area (Å²) in [6.07, 6.45) is 4.01. The van der Waals surface area contributed by atoms with E-state index in [0.29, 0.717) is 45.2 Å². The number of anilines is 1. The van der Waals surface area contributed by atoms with Gasteiger partial charge in [-0.25, -0.2) is 4.98 Å². The number of halogens is 1. The molecule has 0 aliphatic heterocycles. The van der Waals surface area contributed by atoms with Gasteiger partial charge in [-0.05, 0) is 63.0 Å². The Balaban J connectivity index is 1.96. The maximum Gasteiger partial charge on any atom is 0.252 e. The van der Waals surface area contributed by atoms with E-state index in [2.05, 4.69) is 4.90 Å². The molecule has 0 aliphatic rings. The topological polar surface area (TPSA) is 73.4 Å². The Morgan fingerprint density at radius 2 is 1.66 bits per heavy atom. The lowest BCUT2D eigenvalue weighted by atomic mass is 10.1. The van der Waals surface area contributed by atoms with Gasteiger partial charge in [-0.15, -0.1) is 0 Å². The third-order valence-electron chi connectivity index (χ3n) is 5.26. The highest BCUT2D eigenvalue weighted by molar-refractivity contribution is 7.23. The standard InChI is InChI=1S/C25H30ClN3O5S/c1-28(2)12-7-13-29(25-27-22-18(31-3)10-9-17(26)24(22)35-25)21(30)11-8-16-14-19(32-4)23(34-6)20(15-16)33-5/h8-11,14-15H,7,12-13H2,1-6H3. The molecule has 1 amide bonds. The van der Waals surface area contributed by atoms with Gasteiger partial charge in [0.1, 0.15) is 11.3 Å². The Morgan fingerprint density at radius 1 is 1.00 bits per heavy atom. The molecule has 0 unspecified atom stereocenters. The van der Waals surface area contributed by atoms with E-state index in [4.69, 9.17) is 35.5 Å². The van der Waals surface area contributed by atoms with Crippen molar-refractivity contribution in [3.63, 3.8) is 0 Å². The van der Waals surface area contributed by atoms with Gasteiger partial charge in [0.2, 0.25) is 5.75 Å². The van der Waals surface area contributed by atoms with Gasteiger partial charge in [0.15, 0.2) is 16.6 Å². The van der Waals surface area contributed by atoms with Crippen LogP contribution in [0.5, 0.6) is 23.0 Å². The summed E-state index contributed by atoms with van der Waals surface area (Å²) in [4.78, 5) is 21.8. The van der Waals surface area contributed by atoms with Gasteiger partial charge in [-0.3, -0.25) is 9.69 Å². The van der Waals surface area contributed by atoms with Crippen LogP contribution in [0.25, 0.3) is 16.3 Å². The van der Waals surface area contributed by atoms with Gasteiger partial charge in [-0.1, -0.05) is 22.9 Å². The van der Waals surface area contributed by atoms with Crippen LogP contribution in [0.4, 0.5) is 5.13 Å². The van der Waals surface area contributed by atoms with Crippen LogP contribution in [0, 0.1) is 0 Å². The number of aromatic nitrogens is 1. The molecule has 1 heterocycles. The van der Waals surface area contributed by atoms with Gasteiger partial charge in [-0.2, -0.15) is 0 Å². The number of hydrogen-bond acceptors (Lipinski definition) is 8. The molecule has 0 bridgehead atoms. The molecule has 3 aromatic rings. The summed E-state index contributed by atoms with van der Waals surface area (Å²) in [5.74, 6) is 1.92.